The molecular weight excluding hydrogens is 244 g/mol. The molecule has 1 aliphatic heterocycles. The molecule has 3 nitrogen and oxygen atoms in total. The molecule has 0 N–H and O–H groups in total. The van der Waals surface area contributed by atoms with E-state index >= 15 is 0 Å². The molecule has 1 heterocycles. The van der Waals surface area contributed by atoms with E-state index in [1.54, 1.807) is 0 Å². The second kappa shape index (κ2) is 5.57. The van der Waals surface area contributed by atoms with Crippen molar-refractivity contribution >= 4 is 14.3 Å². The largest absolute Gasteiger partial charge is 0.462 e. The van der Waals surface area contributed by atoms with Crippen LogP contribution < -0.4 is 0 Å². The van der Waals surface area contributed by atoms with Crippen LogP contribution in [0.1, 0.15) is 33.6 Å². The molecule has 0 spiro atoms. The van der Waals surface area contributed by atoms with Crippen LogP contribution in [0.2, 0.25) is 18.1 Å². The first-order valence-electron chi connectivity index (χ1n) is 6.63. The maximum absolute atomic E-state index is 11.2. The fourth-order valence-electron chi connectivity index (χ4n) is 1.78. The summed E-state index contributed by atoms with van der Waals surface area (Å²) in [5.74, 6) is 0.0396. The number of carbonyl (C=O) groups is 1. The van der Waals surface area contributed by atoms with Crippen molar-refractivity contribution in [2.75, 3.05) is 6.61 Å². The Morgan fingerprint density at radius 2 is 2.11 bits per heavy atom. The summed E-state index contributed by atoms with van der Waals surface area (Å²) in [5, 5.41) is 0.219. The lowest BCUT2D eigenvalue weighted by Crippen LogP contribution is -2.41. The topological polar surface area (TPSA) is 35.5 Å². The van der Waals surface area contributed by atoms with Crippen LogP contribution in [0.15, 0.2) is 12.7 Å². The maximum atomic E-state index is 11.2. The van der Waals surface area contributed by atoms with Crippen molar-refractivity contribution in [3.8, 4) is 0 Å². The molecule has 1 aliphatic rings. The molecule has 4 heteroatoms. The van der Waals surface area contributed by atoms with Crippen LogP contribution in [0, 0.1) is 5.92 Å². The van der Waals surface area contributed by atoms with Gasteiger partial charge in [-0.3, -0.25) is 4.79 Å². The van der Waals surface area contributed by atoms with Crippen LogP contribution in [0.25, 0.3) is 0 Å². The number of ether oxygens (including phenoxy) is 1. The molecular formula is C14H26O3Si. The molecule has 1 rings (SSSR count). The molecule has 0 aromatic rings. The zero-order valence-corrected chi connectivity index (χ0v) is 13.3. The molecule has 1 saturated heterocycles. The summed E-state index contributed by atoms with van der Waals surface area (Å²) in [6.07, 6.45) is 3.02. The monoisotopic (exact) mass is 270 g/mol. The van der Waals surface area contributed by atoms with Gasteiger partial charge >= 0.3 is 5.97 Å². The number of hydrogen-bond acceptors (Lipinski definition) is 3. The van der Waals surface area contributed by atoms with E-state index in [9.17, 15) is 4.79 Å². The first-order chi connectivity index (χ1) is 8.17. The van der Waals surface area contributed by atoms with E-state index < -0.39 is 8.32 Å². The number of cyclic esters (lactones) is 1. The highest BCUT2D eigenvalue weighted by Crippen LogP contribution is 2.37. The summed E-state index contributed by atoms with van der Waals surface area (Å²) < 4.78 is 11.4. The Kier molecular flexibility index (Phi) is 4.78. The molecule has 0 amide bonds. The lowest BCUT2D eigenvalue weighted by molar-refractivity contribution is -0.141. The maximum Gasteiger partial charge on any atom is 0.306 e. The summed E-state index contributed by atoms with van der Waals surface area (Å²) in [5.41, 5.74) is 0. The van der Waals surface area contributed by atoms with Gasteiger partial charge in [0.1, 0.15) is 6.10 Å². The van der Waals surface area contributed by atoms with Crippen LogP contribution in [0.3, 0.4) is 0 Å². The van der Waals surface area contributed by atoms with Gasteiger partial charge in [0.2, 0.25) is 0 Å². The quantitative estimate of drug-likeness (QED) is 0.435. The van der Waals surface area contributed by atoms with Crippen LogP contribution >= 0.6 is 0 Å². The summed E-state index contributed by atoms with van der Waals surface area (Å²) in [7, 11) is -1.69. The lowest BCUT2D eigenvalue weighted by atomic mass is 10.00. The number of hydrogen-bond donors (Lipinski definition) is 0. The predicted octanol–water partition coefficient (Wildman–Crippen LogP) is 3.52. The molecule has 0 aromatic heterocycles. The first kappa shape index (κ1) is 15.4. The average Bonchev–Trinajstić information content (AvgIpc) is 2.57. The summed E-state index contributed by atoms with van der Waals surface area (Å²) in [4.78, 5) is 11.2. The van der Waals surface area contributed by atoms with Gasteiger partial charge in [-0.2, -0.15) is 0 Å². The Balaban J connectivity index is 2.43. The number of rotatable bonds is 5. The molecule has 0 saturated carbocycles. The summed E-state index contributed by atoms with van der Waals surface area (Å²) in [6, 6.07) is 0. The minimum atomic E-state index is -1.69. The smallest absolute Gasteiger partial charge is 0.306 e. The van der Waals surface area contributed by atoms with Crippen molar-refractivity contribution in [3.63, 3.8) is 0 Å². The Labute approximate surface area is 112 Å². The summed E-state index contributed by atoms with van der Waals surface area (Å²) in [6.45, 7) is 15.6. The normalized spacial score (nSPS) is 25.1. The minimum absolute atomic E-state index is 0.0419. The molecule has 104 valence electrons. The highest BCUT2D eigenvalue weighted by Gasteiger charge is 2.38. The van der Waals surface area contributed by atoms with Crippen molar-refractivity contribution in [1.82, 2.24) is 0 Å². The number of esters is 1. The SMILES string of the molecule is C=C[C@@H]1CC(=O)O[C@H]1CCO[Si](C)(C)C(C)(C)C. The van der Waals surface area contributed by atoms with Crippen molar-refractivity contribution in [2.24, 2.45) is 5.92 Å². The van der Waals surface area contributed by atoms with Gasteiger partial charge in [-0.1, -0.05) is 26.8 Å². The summed E-state index contributed by atoms with van der Waals surface area (Å²) >= 11 is 0. The van der Waals surface area contributed by atoms with Gasteiger partial charge in [-0.05, 0) is 18.1 Å². The molecule has 0 unspecified atom stereocenters. The third-order valence-corrected chi connectivity index (χ3v) is 8.68. The molecule has 18 heavy (non-hydrogen) atoms. The third-order valence-electron chi connectivity index (χ3n) is 4.14. The lowest BCUT2D eigenvalue weighted by Gasteiger charge is -2.36. The van der Waals surface area contributed by atoms with Crippen LogP contribution in [-0.2, 0) is 14.0 Å². The Hall–Kier alpha value is -0.613. The molecule has 1 fully saturated rings. The molecule has 2 atom stereocenters. The fraction of sp³-hybridized carbons (Fsp3) is 0.786. The Morgan fingerprint density at radius 1 is 1.50 bits per heavy atom. The van der Waals surface area contributed by atoms with E-state index in [-0.39, 0.29) is 23.0 Å². The molecule has 0 bridgehead atoms. The zero-order valence-electron chi connectivity index (χ0n) is 12.3. The van der Waals surface area contributed by atoms with Gasteiger partial charge in [0.25, 0.3) is 0 Å². The highest BCUT2D eigenvalue weighted by molar-refractivity contribution is 6.74. The Bertz CT molecular complexity index is 317. The standard InChI is InChI=1S/C14H26O3Si/c1-7-11-10-13(15)17-12(11)8-9-16-18(5,6)14(2,3)4/h7,11-12H,1,8-10H2,2-6H3/t11-,12+/m1/s1. The second-order valence-electron chi connectivity index (χ2n) is 6.53. The van der Waals surface area contributed by atoms with Crippen molar-refractivity contribution in [1.29, 1.82) is 0 Å². The molecule has 0 aliphatic carbocycles. The van der Waals surface area contributed by atoms with Crippen LogP contribution in [0.4, 0.5) is 0 Å². The van der Waals surface area contributed by atoms with Gasteiger partial charge in [0.05, 0.1) is 6.42 Å². The van der Waals surface area contributed by atoms with E-state index in [1.165, 1.54) is 0 Å². The van der Waals surface area contributed by atoms with Gasteiger partial charge < -0.3 is 9.16 Å². The first-order valence-corrected chi connectivity index (χ1v) is 9.54. The average molecular weight is 270 g/mol. The minimum Gasteiger partial charge on any atom is -0.462 e. The van der Waals surface area contributed by atoms with E-state index in [0.29, 0.717) is 13.0 Å². The van der Waals surface area contributed by atoms with E-state index in [0.717, 1.165) is 6.42 Å². The van der Waals surface area contributed by atoms with E-state index in [4.69, 9.17) is 9.16 Å². The Morgan fingerprint density at radius 3 is 2.61 bits per heavy atom. The number of carbonyl (C=O) groups excluding carboxylic acids is 1. The molecule has 0 aromatic carbocycles. The van der Waals surface area contributed by atoms with Crippen molar-refractivity contribution < 1.29 is 14.0 Å². The zero-order chi connectivity index (χ0) is 14.0. The van der Waals surface area contributed by atoms with Gasteiger partial charge in [0, 0.05) is 18.9 Å². The van der Waals surface area contributed by atoms with Gasteiger partial charge in [-0.15, -0.1) is 6.58 Å². The highest BCUT2D eigenvalue weighted by atomic mass is 28.4. The third kappa shape index (κ3) is 3.69. The van der Waals surface area contributed by atoms with Crippen LogP contribution in [-0.4, -0.2) is 27.0 Å². The second-order valence-corrected chi connectivity index (χ2v) is 11.3. The molecule has 0 radical (unpaired) electrons. The van der Waals surface area contributed by atoms with E-state index in [2.05, 4.69) is 40.4 Å². The predicted molar refractivity (Wildman–Crippen MR) is 76.0 cm³/mol. The van der Waals surface area contributed by atoms with Crippen LogP contribution in [0.5, 0.6) is 0 Å². The van der Waals surface area contributed by atoms with Crippen molar-refractivity contribution in [3.05, 3.63) is 12.7 Å². The fourth-order valence-corrected chi connectivity index (χ4v) is 2.84. The van der Waals surface area contributed by atoms with E-state index in [1.807, 2.05) is 6.08 Å². The van der Waals surface area contributed by atoms with Gasteiger partial charge in [-0.25, -0.2) is 0 Å². The van der Waals surface area contributed by atoms with Crippen molar-refractivity contribution in [2.45, 2.75) is 57.8 Å². The van der Waals surface area contributed by atoms with Gasteiger partial charge in [0.15, 0.2) is 8.32 Å².